The summed E-state index contributed by atoms with van der Waals surface area (Å²) in [5.74, 6) is 0.779. The molecule has 0 fully saturated rings. The minimum Gasteiger partial charge on any atom is -0.495 e. The zero-order valence-electron chi connectivity index (χ0n) is 15.3. The molecule has 0 bridgehead atoms. The van der Waals surface area contributed by atoms with Crippen LogP contribution >= 0.6 is 15.9 Å². The van der Waals surface area contributed by atoms with Crippen molar-refractivity contribution in [2.75, 3.05) is 23.4 Å². The van der Waals surface area contributed by atoms with Gasteiger partial charge in [0, 0.05) is 15.8 Å². The first-order valence-corrected chi connectivity index (χ1v) is 10.8. The largest absolute Gasteiger partial charge is 0.495 e. The Labute approximate surface area is 175 Å². The number of anilines is 2. The maximum Gasteiger partial charge on any atom is 0.265 e. The Hall–Kier alpha value is -2.98. The Morgan fingerprint density at radius 1 is 1.21 bits per heavy atom. The van der Waals surface area contributed by atoms with Gasteiger partial charge in [-0.25, -0.2) is 13.4 Å². The molecule has 3 aromatic rings. The van der Waals surface area contributed by atoms with E-state index in [0.29, 0.717) is 28.2 Å². The zero-order chi connectivity index (χ0) is 20.6. The van der Waals surface area contributed by atoms with Gasteiger partial charge in [0.2, 0.25) is 5.55 Å². The molecule has 0 aliphatic carbocycles. The fourth-order valence-corrected chi connectivity index (χ4v) is 4.74. The summed E-state index contributed by atoms with van der Waals surface area (Å²) in [7, 11) is -2.42. The highest BCUT2D eigenvalue weighted by atomic mass is 79.9. The van der Waals surface area contributed by atoms with Gasteiger partial charge in [-0.15, -0.1) is 0 Å². The second-order valence-corrected chi connectivity index (χ2v) is 8.77. The number of sulfonamides is 1. The number of nitrogens with two attached hydrogens (primary N) is 1. The topological polar surface area (TPSA) is 110 Å². The Morgan fingerprint density at radius 3 is 2.69 bits per heavy atom. The Morgan fingerprint density at radius 2 is 1.97 bits per heavy atom. The first-order chi connectivity index (χ1) is 13.9. The molecule has 2 aromatic carbocycles. The van der Waals surface area contributed by atoms with Crippen LogP contribution in [-0.4, -0.2) is 22.2 Å². The maximum atomic E-state index is 12.8. The predicted molar refractivity (Wildman–Crippen MR) is 112 cm³/mol. The van der Waals surface area contributed by atoms with Crippen molar-refractivity contribution in [3.63, 3.8) is 0 Å². The van der Waals surface area contributed by atoms with Crippen LogP contribution in [0, 0.1) is 0 Å². The molecule has 29 heavy (non-hydrogen) atoms. The molecule has 0 spiro atoms. The van der Waals surface area contributed by atoms with Gasteiger partial charge in [-0.1, -0.05) is 15.9 Å². The molecule has 1 aliphatic rings. The highest BCUT2D eigenvalue weighted by Gasteiger charge is 2.21. The van der Waals surface area contributed by atoms with Crippen LogP contribution < -0.4 is 30.9 Å². The Balaban J connectivity index is 1.60. The number of fused-ring (bicyclic) bond motifs is 1. The molecule has 0 amide bonds. The second-order valence-electron chi connectivity index (χ2n) is 6.20. The summed E-state index contributed by atoms with van der Waals surface area (Å²) in [6.45, 7) is 0.312. The second kappa shape index (κ2) is 7.45. The Kier molecular flexibility index (Phi) is 4.97. The van der Waals surface area contributed by atoms with Crippen molar-refractivity contribution in [2.45, 2.75) is 4.90 Å². The van der Waals surface area contributed by atoms with Crippen molar-refractivity contribution in [1.82, 2.24) is 0 Å². The molecular weight excluding hydrogens is 460 g/mol. The molecule has 0 saturated carbocycles. The number of nitrogens with zero attached hydrogens (tertiary/aromatic N) is 2. The quantitative estimate of drug-likeness (QED) is 0.582. The maximum absolute atomic E-state index is 12.8. The summed E-state index contributed by atoms with van der Waals surface area (Å²) in [6, 6.07) is 13.4. The van der Waals surface area contributed by atoms with Crippen LogP contribution in [-0.2, 0) is 10.0 Å². The monoisotopic (exact) mass is 476 g/mol. The van der Waals surface area contributed by atoms with Gasteiger partial charge in [-0.3, -0.25) is 4.72 Å². The van der Waals surface area contributed by atoms with E-state index in [1.807, 2.05) is 4.90 Å². The van der Waals surface area contributed by atoms with Gasteiger partial charge in [-0.05, 0) is 48.5 Å². The summed E-state index contributed by atoms with van der Waals surface area (Å²) >= 11 is 3.29. The molecule has 0 radical (unpaired) electrons. The lowest BCUT2D eigenvalue weighted by Gasteiger charge is -2.24. The van der Waals surface area contributed by atoms with Crippen LogP contribution in [0.25, 0.3) is 5.82 Å². The van der Waals surface area contributed by atoms with Gasteiger partial charge >= 0.3 is 0 Å². The van der Waals surface area contributed by atoms with Gasteiger partial charge < -0.3 is 19.8 Å². The molecule has 10 heteroatoms. The first kappa shape index (κ1) is 19.3. The number of furan rings is 1. The van der Waals surface area contributed by atoms with Crippen LogP contribution in [0.5, 0.6) is 5.75 Å². The number of halogens is 1. The normalized spacial score (nSPS) is 13.6. The van der Waals surface area contributed by atoms with Gasteiger partial charge in [0.15, 0.2) is 0 Å². The van der Waals surface area contributed by atoms with Gasteiger partial charge in [0.05, 0.1) is 18.6 Å². The summed E-state index contributed by atoms with van der Waals surface area (Å²) in [4.78, 5) is 6.19. The molecule has 0 atom stereocenters. The number of nitrogens with one attached hydrogen (secondary N) is 1. The van der Waals surface area contributed by atoms with E-state index in [-0.39, 0.29) is 10.6 Å². The fraction of sp³-hybridized carbons (Fsp3) is 0.105. The molecule has 1 aliphatic heterocycles. The first-order valence-electron chi connectivity index (χ1n) is 8.51. The number of ether oxygens (including phenoxy) is 1. The van der Waals surface area contributed by atoms with E-state index in [4.69, 9.17) is 14.9 Å². The average molecular weight is 477 g/mol. The third-order valence-electron chi connectivity index (χ3n) is 4.41. The van der Waals surface area contributed by atoms with Crippen molar-refractivity contribution in [2.24, 2.45) is 10.7 Å². The van der Waals surface area contributed by atoms with Crippen LogP contribution in [0.3, 0.4) is 0 Å². The molecule has 0 unspecified atom stereocenters. The molecule has 150 valence electrons. The molecule has 0 saturated heterocycles. The van der Waals surface area contributed by atoms with Gasteiger partial charge in [-0.2, -0.15) is 0 Å². The minimum absolute atomic E-state index is 0.0401. The molecular formula is C19H17BrN4O4S. The number of hydrogen-bond acceptors (Lipinski definition) is 7. The standard InChI is InChI=1S/C19H17BrN4O4S/c1-27-16-7-2-12(20)10-17(16)29(25,26)23-13-3-5-14(6-4-13)24-11-22-19-15(18(24)21)8-9-28-19/h2-10,23H,11,21H2,1H3. The fourth-order valence-electron chi connectivity index (χ4n) is 2.98. The average Bonchev–Trinajstić information content (AvgIpc) is 3.19. The summed E-state index contributed by atoms with van der Waals surface area (Å²) in [6.07, 6.45) is 1.54. The lowest BCUT2D eigenvalue weighted by atomic mass is 10.2. The lowest BCUT2D eigenvalue weighted by Crippen LogP contribution is -2.42. The predicted octanol–water partition coefficient (Wildman–Crippen LogP) is 1.97. The number of hydrogen-bond donors (Lipinski definition) is 2. The molecule has 3 N–H and O–H groups in total. The van der Waals surface area contributed by atoms with Crippen LogP contribution in [0.15, 0.2) is 73.6 Å². The van der Waals surface area contributed by atoms with Crippen LogP contribution in [0.2, 0.25) is 0 Å². The molecule has 2 heterocycles. The summed E-state index contributed by atoms with van der Waals surface area (Å²) in [5.41, 5.74) is 7.92. The number of methoxy groups -OCH3 is 1. The van der Waals surface area contributed by atoms with Crippen molar-refractivity contribution < 1.29 is 17.6 Å². The van der Waals surface area contributed by atoms with E-state index in [1.54, 1.807) is 48.7 Å². The summed E-state index contributed by atoms with van der Waals surface area (Å²) < 4.78 is 39.3. The van der Waals surface area contributed by atoms with Crippen LogP contribution in [0.1, 0.15) is 0 Å². The highest BCUT2D eigenvalue weighted by Crippen LogP contribution is 2.29. The molecule has 1 aromatic heterocycles. The van der Waals surface area contributed by atoms with Gasteiger partial charge in [0.25, 0.3) is 10.0 Å². The molecule has 4 rings (SSSR count). The van der Waals surface area contributed by atoms with E-state index in [1.165, 1.54) is 13.2 Å². The summed E-state index contributed by atoms with van der Waals surface area (Å²) in [5, 5.41) is 0.725. The van der Waals surface area contributed by atoms with E-state index < -0.39 is 10.0 Å². The van der Waals surface area contributed by atoms with E-state index in [0.717, 1.165) is 10.9 Å². The van der Waals surface area contributed by atoms with Crippen molar-refractivity contribution >= 4 is 43.1 Å². The van der Waals surface area contributed by atoms with E-state index in [9.17, 15) is 8.42 Å². The van der Waals surface area contributed by atoms with Gasteiger partial charge in [0.1, 0.15) is 23.1 Å². The SMILES string of the molecule is COc1ccc(Br)cc1S(=O)(=O)Nc1ccc(N2CN=c3occc3=C2N)cc1. The molecule has 8 nitrogen and oxygen atoms in total. The third-order valence-corrected chi connectivity index (χ3v) is 6.31. The zero-order valence-corrected chi connectivity index (χ0v) is 17.7. The lowest BCUT2D eigenvalue weighted by molar-refractivity contribution is 0.403. The third kappa shape index (κ3) is 3.68. The number of benzene rings is 2. The van der Waals surface area contributed by atoms with E-state index in [2.05, 4.69) is 25.6 Å². The Bertz CT molecular complexity index is 1290. The smallest absolute Gasteiger partial charge is 0.265 e. The highest BCUT2D eigenvalue weighted by molar-refractivity contribution is 9.10. The van der Waals surface area contributed by atoms with Crippen molar-refractivity contribution in [3.8, 4) is 5.75 Å². The van der Waals surface area contributed by atoms with E-state index >= 15 is 0 Å². The van der Waals surface area contributed by atoms with Crippen LogP contribution in [0.4, 0.5) is 11.4 Å². The minimum atomic E-state index is -3.84. The number of rotatable bonds is 5. The van der Waals surface area contributed by atoms with Crippen molar-refractivity contribution in [3.05, 3.63) is 70.0 Å². The van der Waals surface area contributed by atoms with Crippen molar-refractivity contribution in [1.29, 1.82) is 0 Å².